The Morgan fingerprint density at radius 2 is 1.71 bits per heavy atom. The largest absolute Gasteiger partial charge is 0.234 e. The van der Waals surface area contributed by atoms with Crippen LogP contribution in [0, 0.1) is 13.8 Å². The summed E-state index contributed by atoms with van der Waals surface area (Å²) in [5.41, 5.74) is 4.73. The molecule has 2 heterocycles. The van der Waals surface area contributed by atoms with E-state index in [0.717, 1.165) is 31.9 Å². The number of hydrogen-bond donors (Lipinski definition) is 0. The van der Waals surface area contributed by atoms with Gasteiger partial charge >= 0.3 is 0 Å². The molecule has 0 N–H and O–H groups in total. The molecule has 2 aromatic carbocycles. The Hall–Kier alpha value is -2.24. The first-order chi connectivity index (χ1) is 11.6. The SMILES string of the molecule is Cc1cc(C)cc(-c2nn3c(Cc4ccc(Cl)cc4)nnc3s2)c1. The van der Waals surface area contributed by atoms with E-state index in [2.05, 4.69) is 42.2 Å². The minimum absolute atomic E-state index is 0.675. The summed E-state index contributed by atoms with van der Waals surface area (Å²) in [6.07, 6.45) is 0.675. The summed E-state index contributed by atoms with van der Waals surface area (Å²) < 4.78 is 1.84. The third kappa shape index (κ3) is 2.92. The van der Waals surface area contributed by atoms with Gasteiger partial charge in [-0.05, 0) is 43.7 Å². The molecule has 0 unspecified atom stereocenters. The molecular weight excluding hydrogens is 340 g/mol. The van der Waals surface area contributed by atoms with Gasteiger partial charge in [0, 0.05) is 17.0 Å². The van der Waals surface area contributed by atoms with Crippen LogP contribution in [0.4, 0.5) is 0 Å². The van der Waals surface area contributed by atoms with E-state index in [4.69, 9.17) is 16.7 Å². The first kappa shape index (κ1) is 15.3. The van der Waals surface area contributed by atoms with Crippen LogP contribution < -0.4 is 0 Å². The minimum Gasteiger partial charge on any atom is -0.187 e. The van der Waals surface area contributed by atoms with E-state index in [1.54, 1.807) is 11.3 Å². The zero-order chi connectivity index (χ0) is 16.7. The third-order valence-electron chi connectivity index (χ3n) is 3.80. The van der Waals surface area contributed by atoms with Crippen molar-refractivity contribution in [1.82, 2.24) is 19.8 Å². The van der Waals surface area contributed by atoms with Crippen LogP contribution in [0.2, 0.25) is 5.02 Å². The monoisotopic (exact) mass is 354 g/mol. The smallest absolute Gasteiger partial charge is 0.187 e. The Balaban J connectivity index is 1.71. The molecule has 0 fully saturated rings. The summed E-state index contributed by atoms with van der Waals surface area (Å²) in [7, 11) is 0. The first-order valence-electron chi connectivity index (χ1n) is 7.63. The highest BCUT2D eigenvalue weighted by atomic mass is 35.5. The molecule has 6 heteroatoms. The first-order valence-corrected chi connectivity index (χ1v) is 8.82. The molecule has 0 bridgehead atoms. The van der Waals surface area contributed by atoms with Crippen molar-refractivity contribution in [3.05, 3.63) is 70.0 Å². The van der Waals surface area contributed by atoms with Crippen LogP contribution in [-0.4, -0.2) is 19.8 Å². The molecule has 0 saturated heterocycles. The average Bonchev–Trinajstić information content (AvgIpc) is 3.10. The number of nitrogens with zero attached hydrogens (tertiary/aromatic N) is 4. The van der Waals surface area contributed by atoms with Crippen LogP contribution in [0.3, 0.4) is 0 Å². The second-order valence-corrected chi connectivity index (χ2v) is 7.29. The lowest BCUT2D eigenvalue weighted by Gasteiger charge is -2.01. The van der Waals surface area contributed by atoms with E-state index < -0.39 is 0 Å². The van der Waals surface area contributed by atoms with Crippen LogP contribution in [0.25, 0.3) is 15.5 Å². The minimum atomic E-state index is 0.675. The normalized spacial score (nSPS) is 11.3. The third-order valence-corrected chi connectivity index (χ3v) is 5.00. The van der Waals surface area contributed by atoms with Crippen molar-refractivity contribution in [3.8, 4) is 10.6 Å². The van der Waals surface area contributed by atoms with E-state index in [9.17, 15) is 0 Å². The summed E-state index contributed by atoms with van der Waals surface area (Å²) in [5, 5.41) is 15.0. The zero-order valence-electron chi connectivity index (χ0n) is 13.3. The average molecular weight is 355 g/mol. The summed E-state index contributed by atoms with van der Waals surface area (Å²) >= 11 is 7.50. The van der Waals surface area contributed by atoms with Gasteiger partial charge in [0.05, 0.1) is 0 Å². The summed E-state index contributed by atoms with van der Waals surface area (Å²) in [6, 6.07) is 14.2. The van der Waals surface area contributed by atoms with Gasteiger partial charge < -0.3 is 0 Å². The molecule has 4 rings (SSSR count). The zero-order valence-corrected chi connectivity index (χ0v) is 14.9. The fourth-order valence-electron chi connectivity index (χ4n) is 2.77. The van der Waals surface area contributed by atoms with E-state index in [1.807, 2.05) is 28.8 Å². The fraction of sp³-hybridized carbons (Fsp3) is 0.167. The predicted molar refractivity (Wildman–Crippen MR) is 97.8 cm³/mol. The van der Waals surface area contributed by atoms with Crippen molar-refractivity contribution >= 4 is 27.9 Å². The van der Waals surface area contributed by atoms with Gasteiger partial charge in [-0.1, -0.05) is 52.3 Å². The maximum absolute atomic E-state index is 5.94. The number of fused-ring (bicyclic) bond motifs is 1. The number of aryl methyl sites for hydroxylation is 2. The van der Waals surface area contributed by atoms with Gasteiger partial charge in [0.15, 0.2) is 5.82 Å². The molecule has 0 aliphatic carbocycles. The summed E-state index contributed by atoms with van der Waals surface area (Å²) in [4.78, 5) is 0.813. The van der Waals surface area contributed by atoms with Gasteiger partial charge in [-0.25, -0.2) is 0 Å². The highest BCUT2D eigenvalue weighted by Crippen LogP contribution is 2.27. The Morgan fingerprint density at radius 3 is 2.42 bits per heavy atom. The topological polar surface area (TPSA) is 43.1 Å². The molecule has 0 spiro atoms. The molecule has 2 aromatic heterocycles. The lowest BCUT2D eigenvalue weighted by Crippen LogP contribution is -1.97. The highest BCUT2D eigenvalue weighted by Gasteiger charge is 2.13. The van der Waals surface area contributed by atoms with Crippen LogP contribution in [-0.2, 0) is 6.42 Å². The number of benzene rings is 2. The van der Waals surface area contributed by atoms with Gasteiger partial charge in [0.1, 0.15) is 5.01 Å². The standard InChI is InChI=1S/C18H15ClN4S/c1-11-7-12(2)9-14(8-11)17-22-23-16(20-21-18(23)24-17)10-13-3-5-15(19)6-4-13/h3-9H,10H2,1-2H3. The molecule has 24 heavy (non-hydrogen) atoms. The molecular formula is C18H15ClN4S. The van der Waals surface area contributed by atoms with Gasteiger partial charge in [-0.15, -0.1) is 10.2 Å². The van der Waals surface area contributed by atoms with Crippen LogP contribution in [0.5, 0.6) is 0 Å². The number of halogens is 1. The molecule has 0 amide bonds. The molecule has 0 aliphatic rings. The lowest BCUT2D eigenvalue weighted by molar-refractivity contribution is 0.854. The molecule has 4 nitrogen and oxygen atoms in total. The number of aromatic nitrogens is 4. The summed E-state index contributed by atoms with van der Waals surface area (Å²) in [6.45, 7) is 4.20. The van der Waals surface area contributed by atoms with Crippen LogP contribution in [0.1, 0.15) is 22.5 Å². The van der Waals surface area contributed by atoms with Crippen molar-refractivity contribution in [2.24, 2.45) is 0 Å². The second kappa shape index (κ2) is 6.00. The van der Waals surface area contributed by atoms with Gasteiger partial charge in [-0.3, -0.25) is 0 Å². The number of rotatable bonds is 3. The quantitative estimate of drug-likeness (QED) is 0.535. The Kier molecular flexibility index (Phi) is 3.82. The molecule has 0 radical (unpaired) electrons. The van der Waals surface area contributed by atoms with Crippen molar-refractivity contribution in [3.63, 3.8) is 0 Å². The van der Waals surface area contributed by atoms with Gasteiger partial charge in [0.25, 0.3) is 0 Å². The van der Waals surface area contributed by atoms with E-state index in [0.29, 0.717) is 6.42 Å². The van der Waals surface area contributed by atoms with E-state index in [1.165, 1.54) is 11.1 Å². The molecule has 0 saturated carbocycles. The fourth-order valence-corrected chi connectivity index (χ4v) is 3.74. The molecule has 0 atom stereocenters. The van der Waals surface area contributed by atoms with Crippen LogP contribution in [0.15, 0.2) is 42.5 Å². The second-order valence-electron chi connectivity index (χ2n) is 5.90. The summed E-state index contributed by atoms with van der Waals surface area (Å²) in [5.74, 6) is 0.833. The Bertz CT molecular complexity index is 997. The molecule has 0 aliphatic heterocycles. The van der Waals surface area contributed by atoms with E-state index >= 15 is 0 Å². The van der Waals surface area contributed by atoms with Crippen molar-refractivity contribution in [2.45, 2.75) is 20.3 Å². The van der Waals surface area contributed by atoms with Crippen molar-refractivity contribution in [2.75, 3.05) is 0 Å². The lowest BCUT2D eigenvalue weighted by atomic mass is 10.1. The van der Waals surface area contributed by atoms with Crippen molar-refractivity contribution in [1.29, 1.82) is 0 Å². The molecule has 120 valence electrons. The number of hydrogen-bond acceptors (Lipinski definition) is 4. The van der Waals surface area contributed by atoms with Crippen LogP contribution >= 0.6 is 22.9 Å². The van der Waals surface area contributed by atoms with Gasteiger partial charge in [-0.2, -0.15) is 9.61 Å². The Labute approximate surface area is 148 Å². The Morgan fingerprint density at radius 1 is 1.00 bits per heavy atom. The van der Waals surface area contributed by atoms with Gasteiger partial charge in [0.2, 0.25) is 4.96 Å². The maximum atomic E-state index is 5.94. The van der Waals surface area contributed by atoms with E-state index in [-0.39, 0.29) is 0 Å². The maximum Gasteiger partial charge on any atom is 0.234 e. The van der Waals surface area contributed by atoms with Crippen molar-refractivity contribution < 1.29 is 0 Å². The highest BCUT2D eigenvalue weighted by molar-refractivity contribution is 7.19. The molecule has 4 aromatic rings. The predicted octanol–water partition coefficient (Wildman–Crippen LogP) is 4.71.